The van der Waals surface area contributed by atoms with Crippen molar-refractivity contribution in [2.45, 2.75) is 13.1 Å². The molecule has 4 aromatic rings. The lowest BCUT2D eigenvalue weighted by Gasteiger charge is -2.14. The molecule has 0 saturated heterocycles. The van der Waals surface area contributed by atoms with Crippen molar-refractivity contribution in [1.82, 2.24) is 15.4 Å². The quantitative estimate of drug-likeness (QED) is 0.304. The zero-order chi connectivity index (χ0) is 25.3. The van der Waals surface area contributed by atoms with Gasteiger partial charge in [0.1, 0.15) is 0 Å². The van der Waals surface area contributed by atoms with Gasteiger partial charge in [0, 0.05) is 17.3 Å². The summed E-state index contributed by atoms with van der Waals surface area (Å²) in [5, 5.41) is 3.87. The number of primary amides is 1. The van der Waals surface area contributed by atoms with Crippen molar-refractivity contribution < 1.29 is 22.4 Å². The highest BCUT2D eigenvalue weighted by molar-refractivity contribution is 6.33. The van der Waals surface area contributed by atoms with E-state index in [4.69, 9.17) is 21.8 Å². The largest absolute Gasteiger partial charge is 0.416 e. The summed E-state index contributed by atoms with van der Waals surface area (Å²) < 4.78 is 45.7. The van der Waals surface area contributed by atoms with Crippen LogP contribution in [0.2, 0.25) is 5.02 Å². The number of hydrogen-bond donors (Lipinski definition) is 2. The zero-order valence-corrected chi connectivity index (χ0v) is 18.6. The third-order valence-electron chi connectivity index (χ3n) is 4.92. The molecule has 3 N–H and O–H groups in total. The highest BCUT2D eigenvalue weighted by atomic mass is 35.5. The number of pyridine rings is 1. The van der Waals surface area contributed by atoms with Crippen molar-refractivity contribution in [3.63, 3.8) is 0 Å². The number of carbonyl (C=O) groups is 1. The second-order valence-corrected chi connectivity index (χ2v) is 7.77. The average molecular weight is 502 g/mol. The molecule has 0 aliphatic heterocycles. The second kappa shape index (κ2) is 9.18. The van der Waals surface area contributed by atoms with Crippen LogP contribution in [-0.4, -0.2) is 22.2 Å². The van der Waals surface area contributed by atoms with Crippen LogP contribution in [0.25, 0.3) is 33.6 Å². The number of nitrogens with zero attached hydrogens (tertiary/aromatic N) is 3. The lowest BCUT2D eigenvalue weighted by molar-refractivity contribution is -0.137. The predicted molar refractivity (Wildman–Crippen MR) is 124 cm³/mol. The van der Waals surface area contributed by atoms with Gasteiger partial charge in [-0.25, -0.2) is 20.0 Å². The highest BCUT2D eigenvalue weighted by Gasteiger charge is 2.32. The van der Waals surface area contributed by atoms with Crippen LogP contribution < -0.4 is 16.8 Å². The molecular formula is C23H15ClF3N5O3. The van der Waals surface area contributed by atoms with Gasteiger partial charge in [-0.1, -0.05) is 11.6 Å². The maximum atomic E-state index is 13.4. The highest BCUT2D eigenvalue weighted by Crippen LogP contribution is 2.39. The molecule has 35 heavy (non-hydrogen) atoms. The first-order valence-electron chi connectivity index (χ1n) is 9.91. The Hall–Kier alpha value is -4.25. The standard InChI is InChI=1S/C23H15ClF3N5O3/c1-11-7-12(10-30-32-22(28)34)8-16-18(11)31-20(35-21(16)33)14-5-4-13(23(25,26)27)9-15(14)19-17(24)3-2-6-29-19/h2-10H,1H3,(H3,28,32,34)/b30-10+. The molecule has 0 atom stereocenters. The van der Waals surface area contributed by atoms with E-state index < -0.39 is 23.4 Å². The van der Waals surface area contributed by atoms with Crippen molar-refractivity contribution in [3.05, 3.63) is 80.8 Å². The van der Waals surface area contributed by atoms with E-state index in [0.717, 1.165) is 18.2 Å². The lowest BCUT2D eigenvalue weighted by Crippen LogP contribution is -2.24. The average Bonchev–Trinajstić information content (AvgIpc) is 2.79. The summed E-state index contributed by atoms with van der Waals surface area (Å²) in [5.74, 6) is -0.201. The minimum absolute atomic E-state index is 0.000595. The van der Waals surface area contributed by atoms with Gasteiger partial charge in [0.15, 0.2) is 0 Å². The summed E-state index contributed by atoms with van der Waals surface area (Å²) in [4.78, 5) is 32.1. The number of aromatic nitrogens is 2. The molecule has 0 unspecified atom stereocenters. The SMILES string of the molecule is Cc1cc(/C=N/NC(N)=O)cc2c(=O)oc(-c3ccc(C(F)(F)F)cc3-c3ncccc3Cl)nc12. The molecule has 4 rings (SSSR count). The Bertz CT molecular complexity index is 1550. The molecule has 0 saturated carbocycles. The van der Waals surface area contributed by atoms with E-state index in [1.165, 1.54) is 30.6 Å². The molecule has 0 spiro atoms. The number of fused-ring (bicyclic) bond motifs is 1. The number of rotatable bonds is 4. The Morgan fingerprint density at radius 1 is 1.20 bits per heavy atom. The molecule has 0 fully saturated rings. The van der Waals surface area contributed by atoms with E-state index in [1.807, 2.05) is 5.43 Å². The Balaban J connectivity index is 1.91. The van der Waals surface area contributed by atoms with Crippen LogP contribution in [-0.2, 0) is 6.18 Å². The Kier molecular flexibility index (Phi) is 6.27. The molecule has 12 heteroatoms. The van der Waals surface area contributed by atoms with E-state index in [2.05, 4.69) is 15.1 Å². The Morgan fingerprint density at radius 3 is 2.66 bits per heavy atom. The van der Waals surface area contributed by atoms with Gasteiger partial charge in [-0.15, -0.1) is 0 Å². The molecule has 0 bridgehead atoms. The van der Waals surface area contributed by atoms with Gasteiger partial charge in [-0.2, -0.15) is 18.3 Å². The third-order valence-corrected chi connectivity index (χ3v) is 5.23. The molecule has 2 aromatic carbocycles. The van der Waals surface area contributed by atoms with Crippen molar-refractivity contribution >= 4 is 34.7 Å². The molecule has 2 aromatic heterocycles. The number of aryl methyl sites for hydroxylation is 1. The van der Waals surface area contributed by atoms with Crippen molar-refractivity contribution in [2.24, 2.45) is 10.8 Å². The number of nitrogens with two attached hydrogens (primary N) is 1. The van der Waals surface area contributed by atoms with E-state index in [0.29, 0.717) is 11.1 Å². The number of halogens is 4. The number of urea groups is 1. The number of nitrogens with one attached hydrogen (secondary N) is 1. The lowest BCUT2D eigenvalue weighted by atomic mass is 9.99. The summed E-state index contributed by atoms with van der Waals surface area (Å²) in [7, 11) is 0. The maximum Gasteiger partial charge on any atom is 0.416 e. The summed E-state index contributed by atoms with van der Waals surface area (Å²) in [6, 6.07) is 8.16. The monoisotopic (exact) mass is 501 g/mol. The molecule has 0 aliphatic rings. The van der Waals surface area contributed by atoms with Crippen LogP contribution in [0.3, 0.4) is 0 Å². The maximum absolute atomic E-state index is 13.4. The van der Waals surface area contributed by atoms with E-state index in [1.54, 1.807) is 13.0 Å². The molecular weight excluding hydrogens is 487 g/mol. The third kappa shape index (κ3) is 4.99. The van der Waals surface area contributed by atoms with Crippen LogP contribution in [0.1, 0.15) is 16.7 Å². The smallest absolute Gasteiger partial charge is 0.403 e. The topological polar surface area (TPSA) is 123 Å². The number of benzene rings is 2. The van der Waals surface area contributed by atoms with Crippen LogP contribution in [0.5, 0.6) is 0 Å². The fraction of sp³-hybridized carbons (Fsp3) is 0.0870. The number of carbonyl (C=O) groups excluding carboxylic acids is 1. The van der Waals surface area contributed by atoms with Gasteiger partial charge >= 0.3 is 17.8 Å². The summed E-state index contributed by atoms with van der Waals surface area (Å²) in [6.07, 6.45) is -1.96. The van der Waals surface area contributed by atoms with Crippen molar-refractivity contribution in [3.8, 4) is 22.7 Å². The Labute approximate surface area is 200 Å². The second-order valence-electron chi connectivity index (χ2n) is 7.37. The number of alkyl halides is 3. The fourth-order valence-corrected chi connectivity index (χ4v) is 3.65. The number of hydrazone groups is 1. The van der Waals surface area contributed by atoms with Crippen molar-refractivity contribution in [2.75, 3.05) is 0 Å². The minimum Gasteiger partial charge on any atom is -0.403 e. The zero-order valence-electron chi connectivity index (χ0n) is 17.9. The molecule has 2 heterocycles. The van der Waals surface area contributed by atoms with Gasteiger partial charge in [0.25, 0.3) is 0 Å². The summed E-state index contributed by atoms with van der Waals surface area (Å²) in [5.41, 5.74) is 6.77. The van der Waals surface area contributed by atoms with Crippen molar-refractivity contribution in [1.29, 1.82) is 0 Å². The summed E-state index contributed by atoms with van der Waals surface area (Å²) >= 11 is 6.21. The molecule has 8 nitrogen and oxygen atoms in total. The van der Waals surface area contributed by atoms with Gasteiger partial charge < -0.3 is 10.2 Å². The summed E-state index contributed by atoms with van der Waals surface area (Å²) in [6.45, 7) is 1.68. The van der Waals surface area contributed by atoms with Crippen LogP contribution in [0.15, 0.2) is 63.0 Å². The molecule has 0 radical (unpaired) electrons. The first-order chi connectivity index (χ1) is 16.5. The van der Waals surface area contributed by atoms with E-state index in [-0.39, 0.29) is 38.6 Å². The van der Waals surface area contributed by atoms with Crippen LogP contribution >= 0.6 is 11.6 Å². The van der Waals surface area contributed by atoms with E-state index in [9.17, 15) is 22.8 Å². The van der Waals surface area contributed by atoms with E-state index >= 15 is 0 Å². The van der Waals surface area contributed by atoms with Crippen LogP contribution in [0, 0.1) is 6.92 Å². The minimum atomic E-state index is -4.62. The van der Waals surface area contributed by atoms with Crippen LogP contribution in [0.4, 0.5) is 18.0 Å². The van der Waals surface area contributed by atoms with Gasteiger partial charge in [0.2, 0.25) is 5.89 Å². The van der Waals surface area contributed by atoms with Gasteiger partial charge in [-0.05, 0) is 60.5 Å². The first kappa shape index (κ1) is 23.9. The number of amides is 2. The first-order valence-corrected chi connectivity index (χ1v) is 10.3. The Morgan fingerprint density at radius 2 is 1.97 bits per heavy atom. The number of hydrogen-bond acceptors (Lipinski definition) is 6. The molecule has 0 aliphatic carbocycles. The molecule has 178 valence electrons. The predicted octanol–water partition coefficient (Wildman–Crippen LogP) is 4.90. The normalized spacial score (nSPS) is 11.8. The van der Waals surface area contributed by atoms with Gasteiger partial charge in [0.05, 0.1) is 33.4 Å². The van der Waals surface area contributed by atoms with Gasteiger partial charge in [-0.3, -0.25) is 4.98 Å². The fourth-order valence-electron chi connectivity index (χ4n) is 3.43. The molecule has 2 amide bonds.